The van der Waals surface area contributed by atoms with Crippen molar-refractivity contribution < 1.29 is 14.7 Å². The molecule has 0 aliphatic heterocycles. The Kier molecular flexibility index (Phi) is 5.17. The van der Waals surface area contributed by atoms with Gasteiger partial charge in [0.25, 0.3) is 0 Å². The fourth-order valence-electron chi connectivity index (χ4n) is 1.60. The molecule has 2 aromatic rings. The molecular weight excluding hydrogens is 378 g/mol. The van der Waals surface area contributed by atoms with Crippen LogP contribution in [-0.4, -0.2) is 17.0 Å². The first kappa shape index (κ1) is 15.8. The molecule has 1 heterocycles. The number of nitrogens with one attached hydrogen (secondary N) is 1. The first-order chi connectivity index (χ1) is 9.97. The maximum absolute atomic E-state index is 11.8. The summed E-state index contributed by atoms with van der Waals surface area (Å²) in [6, 6.07) is 8.26. The molecule has 0 saturated heterocycles. The molecule has 0 unspecified atom stereocenters. The van der Waals surface area contributed by atoms with E-state index >= 15 is 0 Å². The third-order valence-electron chi connectivity index (χ3n) is 2.48. The Bertz CT molecular complexity index is 727. The molecular formula is C14H9BrClNO3S. The smallest absolute Gasteiger partial charge is 0.339 e. The lowest BCUT2D eigenvalue weighted by Crippen LogP contribution is -2.12. The predicted molar refractivity (Wildman–Crippen MR) is 88.1 cm³/mol. The lowest BCUT2D eigenvalue weighted by atomic mass is 10.1. The van der Waals surface area contributed by atoms with E-state index in [1.165, 1.54) is 29.5 Å². The molecule has 0 saturated carbocycles. The largest absolute Gasteiger partial charge is 0.478 e. The summed E-state index contributed by atoms with van der Waals surface area (Å²) in [5.74, 6) is -1.62. The van der Waals surface area contributed by atoms with Crippen LogP contribution in [0.5, 0.6) is 0 Å². The van der Waals surface area contributed by atoms with Gasteiger partial charge in [-0.05, 0) is 46.3 Å². The highest BCUT2D eigenvalue weighted by molar-refractivity contribution is 9.11. The Morgan fingerprint density at radius 2 is 2.05 bits per heavy atom. The molecule has 1 amide bonds. The van der Waals surface area contributed by atoms with Gasteiger partial charge in [-0.3, -0.25) is 4.79 Å². The minimum absolute atomic E-state index is 0.0754. The van der Waals surface area contributed by atoms with Crippen LogP contribution in [-0.2, 0) is 4.79 Å². The van der Waals surface area contributed by atoms with Gasteiger partial charge in [-0.15, -0.1) is 11.3 Å². The van der Waals surface area contributed by atoms with Crippen LogP contribution in [0.15, 0.2) is 40.2 Å². The van der Waals surface area contributed by atoms with Gasteiger partial charge < -0.3 is 10.4 Å². The van der Waals surface area contributed by atoms with Gasteiger partial charge in [-0.1, -0.05) is 17.7 Å². The number of carbonyl (C=O) groups is 2. The molecule has 0 aliphatic carbocycles. The monoisotopic (exact) mass is 385 g/mol. The van der Waals surface area contributed by atoms with Crippen molar-refractivity contribution in [1.29, 1.82) is 0 Å². The van der Waals surface area contributed by atoms with E-state index in [1.807, 2.05) is 12.1 Å². The number of carboxylic acid groups (broad SMARTS) is 1. The van der Waals surface area contributed by atoms with Gasteiger partial charge in [0.15, 0.2) is 0 Å². The summed E-state index contributed by atoms with van der Waals surface area (Å²) in [6.45, 7) is 0. The highest BCUT2D eigenvalue weighted by Gasteiger charge is 2.15. The molecule has 1 aromatic carbocycles. The van der Waals surface area contributed by atoms with Gasteiger partial charge in [-0.25, -0.2) is 4.79 Å². The van der Waals surface area contributed by atoms with Gasteiger partial charge >= 0.3 is 5.97 Å². The summed E-state index contributed by atoms with van der Waals surface area (Å²) in [7, 11) is 0. The summed E-state index contributed by atoms with van der Waals surface area (Å²) in [6.07, 6.45) is 2.99. The molecule has 2 N–H and O–H groups in total. The number of carbonyl (C=O) groups excluding carboxylic acids is 1. The predicted octanol–water partition coefficient (Wildman–Crippen LogP) is 4.51. The van der Waals surface area contributed by atoms with Crippen molar-refractivity contribution in [2.75, 3.05) is 5.32 Å². The quantitative estimate of drug-likeness (QED) is 0.760. The fraction of sp³-hybridized carbons (Fsp3) is 0. The van der Waals surface area contributed by atoms with Crippen LogP contribution in [0.1, 0.15) is 15.2 Å². The zero-order valence-electron chi connectivity index (χ0n) is 10.5. The summed E-state index contributed by atoms with van der Waals surface area (Å²) in [5, 5.41) is 11.7. The number of benzene rings is 1. The maximum Gasteiger partial charge on any atom is 0.339 e. The van der Waals surface area contributed by atoms with Crippen LogP contribution in [0.2, 0.25) is 5.02 Å². The molecule has 108 valence electrons. The van der Waals surface area contributed by atoms with E-state index in [0.29, 0.717) is 0 Å². The van der Waals surface area contributed by atoms with E-state index in [9.17, 15) is 9.59 Å². The fourth-order valence-corrected chi connectivity index (χ4v) is 3.18. The van der Waals surface area contributed by atoms with Gasteiger partial charge in [0.2, 0.25) is 5.91 Å². The number of anilines is 1. The SMILES string of the molecule is O=C(C=Cc1ccc(Br)s1)Nc1cccc(Cl)c1C(=O)O. The average Bonchev–Trinajstić information content (AvgIpc) is 2.82. The molecule has 7 heteroatoms. The standard InChI is InChI=1S/C14H9BrClNO3S/c15-11-6-4-8(21-11)5-7-12(18)17-10-3-1-2-9(16)13(10)14(19)20/h1-7H,(H,17,18)(H,19,20). The van der Waals surface area contributed by atoms with E-state index < -0.39 is 11.9 Å². The molecule has 0 spiro atoms. The third kappa shape index (κ3) is 4.17. The summed E-state index contributed by atoms with van der Waals surface area (Å²) in [5.41, 5.74) is 0.0387. The first-order valence-electron chi connectivity index (χ1n) is 5.73. The summed E-state index contributed by atoms with van der Waals surface area (Å²) in [4.78, 5) is 23.9. The lowest BCUT2D eigenvalue weighted by Gasteiger charge is -2.07. The zero-order chi connectivity index (χ0) is 15.4. The Hall–Kier alpha value is -1.63. The van der Waals surface area contributed by atoms with E-state index in [4.69, 9.17) is 16.7 Å². The molecule has 0 atom stereocenters. The lowest BCUT2D eigenvalue weighted by molar-refractivity contribution is -0.111. The Labute approximate surface area is 138 Å². The first-order valence-corrected chi connectivity index (χ1v) is 7.72. The molecule has 0 aliphatic rings. The van der Waals surface area contributed by atoms with Crippen molar-refractivity contribution in [2.45, 2.75) is 0 Å². The normalized spacial score (nSPS) is 10.8. The molecule has 1 aromatic heterocycles. The summed E-state index contributed by atoms with van der Waals surface area (Å²) >= 11 is 10.6. The minimum Gasteiger partial charge on any atom is -0.478 e. The van der Waals surface area contributed by atoms with Crippen LogP contribution in [0, 0.1) is 0 Å². The van der Waals surface area contributed by atoms with Crippen LogP contribution < -0.4 is 5.32 Å². The highest BCUT2D eigenvalue weighted by atomic mass is 79.9. The van der Waals surface area contributed by atoms with Gasteiger partial charge in [-0.2, -0.15) is 0 Å². The van der Waals surface area contributed by atoms with Crippen LogP contribution in [0.4, 0.5) is 5.69 Å². The number of carboxylic acids is 1. The number of amides is 1. The van der Waals surface area contributed by atoms with E-state index in [2.05, 4.69) is 21.2 Å². The number of hydrogen-bond acceptors (Lipinski definition) is 3. The highest BCUT2D eigenvalue weighted by Crippen LogP contribution is 2.25. The van der Waals surface area contributed by atoms with Crippen LogP contribution in [0.25, 0.3) is 6.08 Å². The van der Waals surface area contributed by atoms with Crippen LogP contribution in [0.3, 0.4) is 0 Å². The molecule has 0 fully saturated rings. The van der Waals surface area contributed by atoms with Gasteiger partial charge in [0, 0.05) is 11.0 Å². The van der Waals surface area contributed by atoms with E-state index in [1.54, 1.807) is 12.1 Å². The Balaban J connectivity index is 2.15. The molecule has 4 nitrogen and oxygen atoms in total. The molecule has 0 radical (unpaired) electrons. The number of hydrogen-bond donors (Lipinski definition) is 2. The van der Waals surface area contributed by atoms with Crippen molar-refractivity contribution in [2.24, 2.45) is 0 Å². The minimum atomic E-state index is -1.19. The van der Waals surface area contributed by atoms with E-state index in [-0.39, 0.29) is 16.3 Å². The van der Waals surface area contributed by atoms with Crippen LogP contribution >= 0.6 is 38.9 Å². The third-order valence-corrected chi connectivity index (χ3v) is 4.38. The Morgan fingerprint density at radius 1 is 1.29 bits per heavy atom. The van der Waals surface area contributed by atoms with Crippen molar-refractivity contribution in [3.63, 3.8) is 0 Å². The van der Waals surface area contributed by atoms with Gasteiger partial charge in [0.1, 0.15) is 5.56 Å². The van der Waals surface area contributed by atoms with Crippen molar-refractivity contribution in [1.82, 2.24) is 0 Å². The van der Waals surface area contributed by atoms with Gasteiger partial charge in [0.05, 0.1) is 14.5 Å². The second-order valence-corrected chi connectivity index (χ2v) is 6.83. The van der Waals surface area contributed by atoms with E-state index in [0.717, 1.165) is 8.66 Å². The number of thiophene rings is 1. The number of halogens is 2. The average molecular weight is 387 g/mol. The molecule has 2 rings (SSSR count). The molecule has 0 bridgehead atoms. The Morgan fingerprint density at radius 3 is 2.67 bits per heavy atom. The second kappa shape index (κ2) is 6.89. The number of rotatable bonds is 4. The van der Waals surface area contributed by atoms with Crippen molar-refractivity contribution in [3.8, 4) is 0 Å². The maximum atomic E-state index is 11.8. The number of aromatic carboxylic acids is 1. The molecule has 21 heavy (non-hydrogen) atoms. The zero-order valence-corrected chi connectivity index (χ0v) is 13.6. The van der Waals surface area contributed by atoms with Crippen molar-refractivity contribution >= 4 is 62.5 Å². The summed E-state index contributed by atoms with van der Waals surface area (Å²) < 4.78 is 0.963. The van der Waals surface area contributed by atoms with Crippen molar-refractivity contribution in [3.05, 3.63) is 55.7 Å². The topological polar surface area (TPSA) is 66.4 Å². The second-order valence-electron chi connectivity index (χ2n) is 3.93.